The third kappa shape index (κ3) is 3.91. The van der Waals surface area contributed by atoms with Gasteiger partial charge in [-0.2, -0.15) is 0 Å². The fraction of sp³-hybridized carbons (Fsp3) is 0.292. The van der Waals surface area contributed by atoms with Gasteiger partial charge in [-0.15, -0.1) is 0 Å². The first-order valence-corrected chi connectivity index (χ1v) is 10.1. The van der Waals surface area contributed by atoms with E-state index in [-0.39, 0.29) is 5.56 Å². The first-order chi connectivity index (χ1) is 14.4. The number of hydrogen-bond acceptors (Lipinski definition) is 5. The normalized spacial score (nSPS) is 15.8. The summed E-state index contributed by atoms with van der Waals surface area (Å²) in [6.45, 7) is 4.97. The first kappa shape index (κ1) is 20.0. The van der Waals surface area contributed by atoms with E-state index in [9.17, 15) is 15.0 Å². The minimum atomic E-state index is -1.01. The number of aliphatic hydroxyl groups is 1. The molecule has 1 aliphatic rings. The van der Waals surface area contributed by atoms with Gasteiger partial charge in [-0.05, 0) is 56.5 Å². The molecule has 0 amide bonds. The molecule has 0 spiro atoms. The lowest BCUT2D eigenvalue weighted by atomic mass is 9.87. The number of nitrogens with zero attached hydrogens (tertiary/aromatic N) is 3. The highest BCUT2D eigenvalue weighted by Crippen LogP contribution is 2.35. The van der Waals surface area contributed by atoms with Crippen molar-refractivity contribution in [3.05, 3.63) is 77.1 Å². The summed E-state index contributed by atoms with van der Waals surface area (Å²) in [5.74, 6) is -0.560. The van der Waals surface area contributed by atoms with Crippen molar-refractivity contribution in [1.82, 2.24) is 9.97 Å². The molecular weight excluding hydrogens is 378 g/mol. The second-order valence-corrected chi connectivity index (χ2v) is 7.98. The van der Waals surface area contributed by atoms with Crippen LogP contribution in [-0.4, -0.2) is 39.2 Å². The molecule has 0 aliphatic carbocycles. The number of carboxylic acids is 1. The number of hydrogen-bond donors (Lipinski definition) is 2. The molecule has 30 heavy (non-hydrogen) atoms. The molecule has 3 heterocycles. The van der Waals surface area contributed by atoms with Gasteiger partial charge in [-0.1, -0.05) is 29.8 Å². The molecule has 0 atom stereocenters. The number of aryl methyl sites for hydroxylation is 2. The molecule has 0 saturated carbocycles. The number of carbonyl (C=O) groups is 1. The number of benzene rings is 1. The zero-order chi connectivity index (χ0) is 21.3. The Kier molecular flexibility index (Phi) is 5.26. The fourth-order valence-electron chi connectivity index (χ4n) is 3.91. The van der Waals surface area contributed by atoms with E-state index in [1.54, 1.807) is 18.3 Å². The molecule has 6 nitrogen and oxygen atoms in total. The van der Waals surface area contributed by atoms with Crippen LogP contribution in [-0.2, 0) is 5.60 Å². The largest absolute Gasteiger partial charge is 0.478 e. The number of carboxylic acid groups (broad SMARTS) is 1. The second-order valence-electron chi connectivity index (χ2n) is 7.98. The molecule has 1 saturated heterocycles. The molecule has 4 rings (SSSR count). The minimum absolute atomic E-state index is 0.172. The van der Waals surface area contributed by atoms with E-state index in [2.05, 4.69) is 4.98 Å². The van der Waals surface area contributed by atoms with Crippen LogP contribution in [0.25, 0.3) is 11.3 Å². The first-order valence-electron chi connectivity index (χ1n) is 10.1. The topological polar surface area (TPSA) is 86.5 Å². The summed E-state index contributed by atoms with van der Waals surface area (Å²) >= 11 is 0. The van der Waals surface area contributed by atoms with Gasteiger partial charge in [0.05, 0.1) is 11.4 Å². The molecule has 1 fully saturated rings. The molecule has 0 unspecified atom stereocenters. The van der Waals surface area contributed by atoms with Gasteiger partial charge >= 0.3 is 5.97 Å². The smallest absolute Gasteiger partial charge is 0.339 e. The highest BCUT2D eigenvalue weighted by atomic mass is 16.4. The van der Waals surface area contributed by atoms with Gasteiger partial charge in [0.2, 0.25) is 0 Å². The lowest BCUT2D eigenvalue weighted by molar-refractivity contribution is 0.00747. The molecule has 1 aromatic carbocycles. The lowest BCUT2D eigenvalue weighted by Gasteiger charge is -2.38. The standard InChI is InChI=1S/C24H25N3O3/c1-16-4-3-5-18(14-16)20-8-7-19(23(28)29)22(26-20)27-12-10-24(30,11-13-27)21-9-6-17(2)15-25-21/h3-9,14-15,30H,10-13H2,1-2H3,(H,28,29). The fourth-order valence-corrected chi connectivity index (χ4v) is 3.91. The molecular formula is C24H25N3O3. The van der Waals surface area contributed by atoms with Crippen LogP contribution >= 0.6 is 0 Å². The average molecular weight is 403 g/mol. The van der Waals surface area contributed by atoms with Gasteiger partial charge in [0.25, 0.3) is 0 Å². The van der Waals surface area contributed by atoms with Crippen LogP contribution in [0.5, 0.6) is 0 Å². The Labute approximate surface area is 175 Å². The zero-order valence-corrected chi connectivity index (χ0v) is 17.2. The van der Waals surface area contributed by atoms with Gasteiger partial charge in [0.1, 0.15) is 17.0 Å². The van der Waals surface area contributed by atoms with Crippen molar-refractivity contribution in [3.8, 4) is 11.3 Å². The molecule has 6 heteroatoms. The maximum absolute atomic E-state index is 11.8. The van der Waals surface area contributed by atoms with Crippen molar-refractivity contribution < 1.29 is 15.0 Å². The summed E-state index contributed by atoms with van der Waals surface area (Å²) in [5.41, 5.74) is 3.67. The molecule has 2 aromatic heterocycles. The van der Waals surface area contributed by atoms with E-state index < -0.39 is 11.6 Å². The van der Waals surface area contributed by atoms with E-state index >= 15 is 0 Å². The molecule has 2 N–H and O–H groups in total. The number of pyridine rings is 2. The number of piperidine rings is 1. The summed E-state index contributed by atoms with van der Waals surface area (Å²) in [7, 11) is 0. The molecule has 0 radical (unpaired) electrons. The van der Waals surface area contributed by atoms with Gasteiger partial charge < -0.3 is 15.1 Å². The average Bonchev–Trinajstić information content (AvgIpc) is 2.74. The Morgan fingerprint density at radius 2 is 1.80 bits per heavy atom. The van der Waals surface area contributed by atoms with Crippen LogP contribution in [0.3, 0.4) is 0 Å². The number of rotatable bonds is 4. The van der Waals surface area contributed by atoms with Gasteiger partial charge in [-0.25, -0.2) is 9.78 Å². The molecule has 154 valence electrons. The summed E-state index contributed by atoms with van der Waals surface area (Å²) in [5, 5.41) is 20.8. The van der Waals surface area contributed by atoms with Crippen molar-refractivity contribution in [2.45, 2.75) is 32.3 Å². The van der Waals surface area contributed by atoms with Gasteiger partial charge in [0.15, 0.2) is 0 Å². The molecule has 0 bridgehead atoms. The number of aromatic carboxylic acids is 1. The summed E-state index contributed by atoms with van der Waals surface area (Å²) in [4.78, 5) is 22.9. The predicted molar refractivity (Wildman–Crippen MR) is 116 cm³/mol. The summed E-state index contributed by atoms with van der Waals surface area (Å²) in [6, 6.07) is 15.2. The second kappa shape index (κ2) is 7.88. The lowest BCUT2D eigenvalue weighted by Crippen LogP contribution is -2.44. The van der Waals surface area contributed by atoms with Crippen molar-refractivity contribution >= 4 is 11.8 Å². The highest BCUT2D eigenvalue weighted by molar-refractivity contribution is 5.94. The van der Waals surface area contributed by atoms with E-state index in [1.165, 1.54) is 0 Å². The summed E-state index contributed by atoms with van der Waals surface area (Å²) in [6.07, 6.45) is 2.67. The van der Waals surface area contributed by atoms with Gasteiger partial charge in [-0.3, -0.25) is 4.98 Å². The van der Waals surface area contributed by atoms with Crippen molar-refractivity contribution in [2.24, 2.45) is 0 Å². The molecule has 3 aromatic rings. The quantitative estimate of drug-likeness (QED) is 0.686. The Balaban J connectivity index is 1.62. The Hall–Kier alpha value is -3.25. The highest BCUT2D eigenvalue weighted by Gasteiger charge is 2.36. The molecule has 1 aliphatic heterocycles. The summed E-state index contributed by atoms with van der Waals surface area (Å²) < 4.78 is 0. The van der Waals surface area contributed by atoms with Crippen molar-refractivity contribution in [3.63, 3.8) is 0 Å². The maximum Gasteiger partial charge on any atom is 0.339 e. The van der Waals surface area contributed by atoms with Crippen LogP contribution in [0.2, 0.25) is 0 Å². The van der Waals surface area contributed by atoms with E-state index in [0.29, 0.717) is 37.4 Å². The van der Waals surface area contributed by atoms with E-state index in [1.807, 2.05) is 55.1 Å². The SMILES string of the molecule is Cc1ccc(C2(O)CCN(c3nc(-c4cccc(C)c4)ccc3C(=O)O)CC2)nc1. The maximum atomic E-state index is 11.8. The monoisotopic (exact) mass is 403 g/mol. The third-order valence-electron chi connectivity index (χ3n) is 5.70. The van der Waals surface area contributed by atoms with E-state index in [0.717, 1.165) is 22.4 Å². The number of anilines is 1. The van der Waals surface area contributed by atoms with Crippen LogP contribution in [0.1, 0.15) is 40.0 Å². The zero-order valence-electron chi connectivity index (χ0n) is 17.2. The minimum Gasteiger partial charge on any atom is -0.478 e. The number of aromatic nitrogens is 2. The Morgan fingerprint density at radius 3 is 2.43 bits per heavy atom. The predicted octanol–water partition coefficient (Wildman–Crippen LogP) is 3.95. The van der Waals surface area contributed by atoms with Crippen LogP contribution in [0.15, 0.2) is 54.7 Å². The Morgan fingerprint density at radius 1 is 1.03 bits per heavy atom. The van der Waals surface area contributed by atoms with Crippen molar-refractivity contribution in [1.29, 1.82) is 0 Å². The van der Waals surface area contributed by atoms with Crippen LogP contribution in [0.4, 0.5) is 5.82 Å². The van der Waals surface area contributed by atoms with Crippen LogP contribution < -0.4 is 4.90 Å². The van der Waals surface area contributed by atoms with Gasteiger partial charge in [0, 0.05) is 24.8 Å². The van der Waals surface area contributed by atoms with E-state index in [4.69, 9.17) is 4.98 Å². The van der Waals surface area contributed by atoms with Crippen molar-refractivity contribution in [2.75, 3.05) is 18.0 Å². The third-order valence-corrected chi connectivity index (χ3v) is 5.70. The van der Waals surface area contributed by atoms with Crippen LogP contribution in [0, 0.1) is 13.8 Å². The Bertz CT molecular complexity index is 1070.